The van der Waals surface area contributed by atoms with Crippen molar-refractivity contribution in [1.29, 1.82) is 0 Å². The van der Waals surface area contributed by atoms with E-state index in [1.54, 1.807) is 54.6 Å². The molecule has 0 atom stereocenters. The van der Waals surface area contributed by atoms with Gasteiger partial charge in [0.25, 0.3) is 11.1 Å². The van der Waals surface area contributed by atoms with Crippen LogP contribution in [0.3, 0.4) is 0 Å². The summed E-state index contributed by atoms with van der Waals surface area (Å²) in [5.74, 6) is 0.201. The van der Waals surface area contributed by atoms with E-state index in [4.69, 9.17) is 4.42 Å². The number of fused-ring (bicyclic) bond motifs is 1. The predicted molar refractivity (Wildman–Crippen MR) is 110 cm³/mol. The normalized spacial score (nSPS) is 10.9. The zero-order valence-corrected chi connectivity index (χ0v) is 15.9. The van der Waals surface area contributed by atoms with Crippen molar-refractivity contribution in [3.05, 3.63) is 99.0 Å². The quantitative estimate of drug-likeness (QED) is 0.511. The van der Waals surface area contributed by atoms with Gasteiger partial charge < -0.3 is 14.4 Å². The van der Waals surface area contributed by atoms with Crippen LogP contribution in [0.5, 0.6) is 5.75 Å². The van der Waals surface area contributed by atoms with E-state index in [0.29, 0.717) is 11.3 Å². The molecule has 2 N–H and O–H groups in total. The van der Waals surface area contributed by atoms with Gasteiger partial charge in [-0.25, -0.2) is 4.68 Å². The number of hydrogen-bond donors (Lipinski definition) is 2. The molecule has 152 valence electrons. The Labute approximate surface area is 170 Å². The molecule has 8 heteroatoms. The number of aromatic amines is 1. The first-order valence-electron chi connectivity index (χ1n) is 9.32. The maximum absolute atomic E-state index is 13.1. The number of hydrogen-bond acceptors (Lipinski definition) is 5. The molecule has 0 radical (unpaired) electrons. The Morgan fingerprint density at radius 3 is 2.43 bits per heavy atom. The fourth-order valence-corrected chi connectivity index (χ4v) is 3.27. The number of para-hydroxylation sites is 1. The number of rotatable bonds is 6. The van der Waals surface area contributed by atoms with E-state index >= 15 is 0 Å². The second kappa shape index (κ2) is 8.12. The van der Waals surface area contributed by atoms with Crippen molar-refractivity contribution in [3.8, 4) is 5.75 Å². The maximum Gasteiger partial charge on any atom is 0.273 e. The molecule has 2 heterocycles. The Bertz CT molecular complexity index is 1300. The first kappa shape index (κ1) is 19.3. The highest BCUT2D eigenvalue weighted by Gasteiger charge is 2.19. The number of phenols is 1. The first-order chi connectivity index (χ1) is 14.5. The van der Waals surface area contributed by atoms with Crippen LogP contribution in [0, 0.1) is 0 Å². The molecule has 0 spiro atoms. The number of amides is 1. The van der Waals surface area contributed by atoms with Crippen LogP contribution in [0.2, 0.25) is 0 Å². The van der Waals surface area contributed by atoms with Crippen molar-refractivity contribution < 1.29 is 14.3 Å². The molecule has 4 aromatic rings. The molecule has 0 unspecified atom stereocenters. The number of phenolic OH excluding ortho intramolecular Hbond substituents is 1. The fourth-order valence-electron chi connectivity index (χ4n) is 3.27. The van der Waals surface area contributed by atoms with Crippen molar-refractivity contribution in [3.63, 3.8) is 0 Å². The van der Waals surface area contributed by atoms with Gasteiger partial charge in [0.1, 0.15) is 18.1 Å². The monoisotopic (exact) mass is 405 g/mol. The number of nitrogens with zero attached hydrogens (tertiary/aromatic N) is 2. The van der Waals surface area contributed by atoms with Crippen molar-refractivity contribution in [2.24, 2.45) is 0 Å². The van der Waals surface area contributed by atoms with Crippen LogP contribution < -0.4 is 11.1 Å². The standard InChI is InChI=1S/C22H19N3O5/c26-19-10-4-1-6-15(19)12-24(13-16-7-5-11-30-16)20(27)14-25-22(29)18-9-3-2-8-17(18)21(28)23-25/h1-11,26H,12-14H2,(H,23,28). The highest BCUT2D eigenvalue weighted by Crippen LogP contribution is 2.19. The minimum atomic E-state index is -0.459. The second-order valence-corrected chi connectivity index (χ2v) is 6.84. The van der Waals surface area contributed by atoms with Crippen LogP contribution in [0.25, 0.3) is 10.8 Å². The van der Waals surface area contributed by atoms with Crippen molar-refractivity contribution in [2.75, 3.05) is 0 Å². The van der Waals surface area contributed by atoms with Crippen LogP contribution in [-0.2, 0) is 24.4 Å². The Hall–Kier alpha value is -4.07. The number of furan rings is 1. The Morgan fingerprint density at radius 2 is 1.70 bits per heavy atom. The van der Waals surface area contributed by atoms with Gasteiger partial charge >= 0.3 is 0 Å². The third kappa shape index (κ3) is 3.88. The molecule has 0 aliphatic heterocycles. The summed E-state index contributed by atoms with van der Waals surface area (Å²) in [6, 6.07) is 16.6. The molecular formula is C22H19N3O5. The summed E-state index contributed by atoms with van der Waals surface area (Å²) in [4.78, 5) is 39.6. The van der Waals surface area contributed by atoms with E-state index in [-0.39, 0.29) is 36.2 Å². The van der Waals surface area contributed by atoms with Crippen molar-refractivity contribution in [2.45, 2.75) is 19.6 Å². The van der Waals surface area contributed by atoms with Crippen LogP contribution in [-0.4, -0.2) is 25.7 Å². The van der Waals surface area contributed by atoms with Gasteiger partial charge in [0.2, 0.25) is 5.91 Å². The zero-order chi connectivity index (χ0) is 21.1. The van der Waals surface area contributed by atoms with Crippen LogP contribution in [0.15, 0.2) is 80.9 Å². The number of H-pyrrole nitrogens is 1. The molecular weight excluding hydrogens is 386 g/mol. The van der Waals surface area contributed by atoms with E-state index in [0.717, 1.165) is 4.68 Å². The van der Waals surface area contributed by atoms with Crippen molar-refractivity contribution in [1.82, 2.24) is 14.7 Å². The minimum Gasteiger partial charge on any atom is -0.508 e. The summed E-state index contributed by atoms with van der Waals surface area (Å²) < 4.78 is 6.36. The number of aromatic hydroxyl groups is 1. The SMILES string of the molecule is O=C(Cn1[nH]c(=O)c2ccccc2c1=O)N(Cc1ccco1)Cc1ccccc1O. The molecule has 30 heavy (non-hydrogen) atoms. The molecule has 2 aromatic carbocycles. The Morgan fingerprint density at radius 1 is 0.967 bits per heavy atom. The van der Waals surface area contributed by atoms with Crippen molar-refractivity contribution >= 4 is 16.7 Å². The van der Waals surface area contributed by atoms with E-state index in [1.165, 1.54) is 17.2 Å². The zero-order valence-electron chi connectivity index (χ0n) is 15.9. The van der Waals surface area contributed by atoms with Gasteiger partial charge in [-0.15, -0.1) is 0 Å². The van der Waals surface area contributed by atoms with Crippen LogP contribution in [0.4, 0.5) is 0 Å². The van der Waals surface area contributed by atoms with E-state index < -0.39 is 17.0 Å². The van der Waals surface area contributed by atoms with Crippen LogP contribution >= 0.6 is 0 Å². The summed E-state index contributed by atoms with van der Waals surface area (Å²) in [6.45, 7) is -0.0985. The fraction of sp³-hybridized carbons (Fsp3) is 0.136. The lowest BCUT2D eigenvalue weighted by Gasteiger charge is -2.22. The molecule has 0 aliphatic rings. The molecule has 1 amide bonds. The maximum atomic E-state index is 13.1. The smallest absolute Gasteiger partial charge is 0.273 e. The number of carbonyl (C=O) groups excluding carboxylic acids is 1. The lowest BCUT2D eigenvalue weighted by atomic mass is 10.2. The topological polar surface area (TPSA) is 109 Å². The Kier molecular flexibility index (Phi) is 5.21. The van der Waals surface area contributed by atoms with Gasteiger partial charge in [-0.3, -0.25) is 19.5 Å². The predicted octanol–water partition coefficient (Wildman–Crippen LogP) is 2.22. The van der Waals surface area contributed by atoms with E-state index in [2.05, 4.69) is 5.10 Å². The highest BCUT2D eigenvalue weighted by atomic mass is 16.3. The van der Waals surface area contributed by atoms with Gasteiger partial charge in [0, 0.05) is 12.1 Å². The average Bonchev–Trinajstić information content (AvgIpc) is 3.26. The Balaban J connectivity index is 1.66. The molecule has 0 saturated heterocycles. The third-order valence-corrected chi connectivity index (χ3v) is 4.81. The minimum absolute atomic E-state index is 0.0611. The average molecular weight is 405 g/mol. The largest absolute Gasteiger partial charge is 0.508 e. The van der Waals surface area contributed by atoms with Gasteiger partial charge in [0.05, 0.1) is 23.6 Å². The van der Waals surface area contributed by atoms with Gasteiger partial charge in [-0.2, -0.15) is 0 Å². The highest BCUT2D eigenvalue weighted by molar-refractivity contribution is 5.81. The van der Waals surface area contributed by atoms with Gasteiger partial charge in [-0.05, 0) is 30.3 Å². The number of benzene rings is 2. The van der Waals surface area contributed by atoms with E-state index in [9.17, 15) is 19.5 Å². The molecule has 8 nitrogen and oxygen atoms in total. The lowest BCUT2D eigenvalue weighted by Crippen LogP contribution is -2.38. The summed E-state index contributed by atoms with van der Waals surface area (Å²) in [5, 5.41) is 13.1. The van der Waals surface area contributed by atoms with Crippen LogP contribution in [0.1, 0.15) is 11.3 Å². The first-order valence-corrected chi connectivity index (χ1v) is 9.32. The van der Waals surface area contributed by atoms with E-state index in [1.807, 2.05) is 0 Å². The molecule has 0 bridgehead atoms. The summed E-state index contributed by atoms with van der Waals surface area (Å²) >= 11 is 0. The number of carbonyl (C=O) groups is 1. The molecule has 0 fully saturated rings. The molecule has 4 rings (SSSR count). The molecule has 2 aromatic heterocycles. The van der Waals surface area contributed by atoms with Gasteiger partial charge in [-0.1, -0.05) is 30.3 Å². The third-order valence-electron chi connectivity index (χ3n) is 4.81. The second-order valence-electron chi connectivity index (χ2n) is 6.84. The summed E-state index contributed by atoms with van der Waals surface area (Å²) in [6.07, 6.45) is 1.50. The summed E-state index contributed by atoms with van der Waals surface area (Å²) in [5.41, 5.74) is -0.355. The number of nitrogens with one attached hydrogen (secondary N) is 1. The lowest BCUT2D eigenvalue weighted by molar-refractivity contribution is -0.133. The molecule has 0 saturated carbocycles. The summed E-state index contributed by atoms with van der Waals surface area (Å²) in [7, 11) is 0. The molecule has 0 aliphatic carbocycles. The number of aromatic nitrogens is 2. The van der Waals surface area contributed by atoms with Gasteiger partial charge in [0.15, 0.2) is 0 Å².